The Morgan fingerprint density at radius 3 is 2.62 bits per heavy atom. The Labute approximate surface area is 128 Å². The molecule has 0 unspecified atom stereocenters. The lowest BCUT2D eigenvalue weighted by Crippen LogP contribution is -2.17. The second kappa shape index (κ2) is 5.94. The number of nitrogens with zero attached hydrogens (tertiary/aromatic N) is 1. The highest BCUT2D eigenvalue weighted by atomic mass is 79.9. The van der Waals surface area contributed by atoms with Gasteiger partial charge in [-0.25, -0.2) is 13.8 Å². The molecule has 1 heterocycles. The van der Waals surface area contributed by atoms with Gasteiger partial charge in [0.1, 0.15) is 5.82 Å². The topological polar surface area (TPSA) is 71.1 Å². The first kappa shape index (κ1) is 15.6. The first-order valence-electron chi connectivity index (χ1n) is 5.65. The van der Waals surface area contributed by atoms with Crippen LogP contribution >= 0.6 is 15.9 Å². The van der Waals surface area contributed by atoms with Crippen molar-refractivity contribution in [1.29, 1.82) is 0 Å². The van der Waals surface area contributed by atoms with Gasteiger partial charge in [0.2, 0.25) is 0 Å². The fourth-order valence-electron chi connectivity index (χ4n) is 1.62. The third kappa shape index (κ3) is 3.30. The van der Waals surface area contributed by atoms with E-state index in [-0.39, 0.29) is 20.9 Å². The van der Waals surface area contributed by atoms with Crippen LogP contribution in [0.2, 0.25) is 0 Å². The fourth-order valence-corrected chi connectivity index (χ4v) is 3.49. The van der Waals surface area contributed by atoms with Crippen molar-refractivity contribution in [3.63, 3.8) is 0 Å². The zero-order chi connectivity index (χ0) is 15.6. The van der Waals surface area contributed by atoms with Gasteiger partial charge in [-0.15, -0.1) is 0 Å². The lowest BCUT2D eigenvalue weighted by molar-refractivity contribution is 0.581. The van der Waals surface area contributed by atoms with Crippen molar-refractivity contribution in [1.82, 2.24) is 4.98 Å². The number of rotatable bonds is 4. The molecule has 1 aromatic heterocycles. The van der Waals surface area contributed by atoms with Gasteiger partial charge in [0.05, 0.1) is 11.4 Å². The number of benzene rings is 1. The average molecular weight is 378 g/mol. The van der Waals surface area contributed by atoms with Gasteiger partial charge < -0.3 is 5.32 Å². The van der Waals surface area contributed by atoms with Gasteiger partial charge in [0.15, 0.2) is 10.8 Å². The van der Waals surface area contributed by atoms with E-state index < -0.39 is 21.7 Å². The Kier molecular flexibility index (Phi) is 4.43. The second-order valence-electron chi connectivity index (χ2n) is 3.96. The molecular weight excluding hydrogens is 368 g/mol. The Balaban J connectivity index is 2.48. The third-order valence-electron chi connectivity index (χ3n) is 2.54. The van der Waals surface area contributed by atoms with Crippen LogP contribution in [-0.4, -0.2) is 20.4 Å². The van der Waals surface area contributed by atoms with Crippen LogP contribution in [0.5, 0.6) is 0 Å². The Hall–Kier alpha value is -1.74. The first-order chi connectivity index (χ1) is 9.85. The van der Waals surface area contributed by atoms with E-state index in [2.05, 4.69) is 31.0 Å². The van der Waals surface area contributed by atoms with E-state index in [1.165, 1.54) is 19.3 Å². The number of anilines is 2. The SMILES string of the molecule is CNc1cccnc1S(=O)(=O)Nc1c(F)cc(F)cc1Br. The summed E-state index contributed by atoms with van der Waals surface area (Å²) in [5, 5.41) is 2.39. The van der Waals surface area contributed by atoms with Crippen molar-refractivity contribution >= 4 is 37.3 Å². The van der Waals surface area contributed by atoms with E-state index in [4.69, 9.17) is 0 Å². The van der Waals surface area contributed by atoms with Crippen LogP contribution in [0, 0.1) is 11.6 Å². The fraction of sp³-hybridized carbons (Fsp3) is 0.0833. The minimum atomic E-state index is -4.13. The Morgan fingerprint density at radius 2 is 2.00 bits per heavy atom. The lowest BCUT2D eigenvalue weighted by Gasteiger charge is -2.12. The van der Waals surface area contributed by atoms with Gasteiger partial charge in [-0.05, 0) is 34.1 Å². The highest BCUT2D eigenvalue weighted by molar-refractivity contribution is 9.10. The molecule has 112 valence electrons. The van der Waals surface area contributed by atoms with E-state index in [1.807, 2.05) is 0 Å². The molecule has 0 atom stereocenters. The summed E-state index contributed by atoms with van der Waals surface area (Å²) in [5.74, 6) is -1.86. The number of aromatic nitrogens is 1. The standard InChI is InChI=1S/C12H10BrF2N3O2S/c1-16-10-3-2-4-17-12(10)21(19,20)18-11-8(13)5-7(14)6-9(11)15/h2-6,16,18H,1H3. The molecule has 0 radical (unpaired) electrons. The van der Waals surface area contributed by atoms with Crippen LogP contribution in [0.1, 0.15) is 0 Å². The van der Waals surface area contributed by atoms with Crippen molar-refractivity contribution in [3.8, 4) is 0 Å². The van der Waals surface area contributed by atoms with Crippen molar-refractivity contribution < 1.29 is 17.2 Å². The number of hydrogen-bond acceptors (Lipinski definition) is 4. The minimum Gasteiger partial charge on any atom is -0.386 e. The van der Waals surface area contributed by atoms with Gasteiger partial charge >= 0.3 is 0 Å². The molecule has 0 aliphatic heterocycles. The van der Waals surface area contributed by atoms with Crippen LogP contribution in [0.4, 0.5) is 20.2 Å². The van der Waals surface area contributed by atoms with Crippen molar-refractivity contribution in [2.24, 2.45) is 0 Å². The van der Waals surface area contributed by atoms with Gasteiger partial charge in [-0.2, -0.15) is 8.42 Å². The molecule has 2 rings (SSSR count). The first-order valence-corrected chi connectivity index (χ1v) is 7.93. The van der Waals surface area contributed by atoms with E-state index in [0.29, 0.717) is 6.07 Å². The molecule has 1 aromatic carbocycles. The predicted octanol–water partition coefficient (Wildman–Crippen LogP) is 2.96. The summed E-state index contributed by atoms with van der Waals surface area (Å²) in [6, 6.07) is 4.61. The number of halogens is 3. The monoisotopic (exact) mass is 377 g/mol. The van der Waals surface area contributed by atoms with Gasteiger partial charge in [0.25, 0.3) is 10.0 Å². The van der Waals surface area contributed by atoms with E-state index >= 15 is 0 Å². The Bertz CT molecular complexity index is 761. The summed E-state index contributed by atoms with van der Waals surface area (Å²) in [6.07, 6.45) is 1.30. The van der Waals surface area contributed by atoms with Crippen LogP contribution in [0.25, 0.3) is 0 Å². The summed E-state index contributed by atoms with van der Waals surface area (Å²) in [4.78, 5) is 3.77. The van der Waals surface area contributed by atoms with Crippen molar-refractivity contribution in [2.45, 2.75) is 5.03 Å². The quantitative estimate of drug-likeness (QED) is 0.858. The molecule has 0 aliphatic carbocycles. The molecule has 0 saturated carbocycles. The summed E-state index contributed by atoms with van der Waals surface area (Å²) in [5.41, 5.74) is -0.132. The third-order valence-corrected chi connectivity index (χ3v) is 4.47. The summed E-state index contributed by atoms with van der Waals surface area (Å²) in [7, 11) is -2.60. The van der Waals surface area contributed by atoms with Gasteiger partial charge in [0, 0.05) is 23.8 Å². The molecule has 5 nitrogen and oxygen atoms in total. The molecule has 2 N–H and O–H groups in total. The second-order valence-corrected chi connectivity index (χ2v) is 6.41. The van der Waals surface area contributed by atoms with E-state index in [1.54, 1.807) is 6.07 Å². The molecular formula is C12H10BrF2N3O2S. The van der Waals surface area contributed by atoms with Crippen molar-refractivity contribution in [3.05, 3.63) is 46.6 Å². The van der Waals surface area contributed by atoms with Crippen LogP contribution < -0.4 is 10.0 Å². The molecule has 21 heavy (non-hydrogen) atoms. The molecule has 0 amide bonds. The van der Waals surface area contributed by atoms with Crippen LogP contribution in [-0.2, 0) is 10.0 Å². The summed E-state index contributed by atoms with van der Waals surface area (Å²) < 4.78 is 53.3. The number of pyridine rings is 1. The minimum absolute atomic E-state index is 0.0505. The number of hydrogen-bond donors (Lipinski definition) is 2. The molecule has 0 saturated heterocycles. The normalized spacial score (nSPS) is 11.2. The predicted molar refractivity (Wildman–Crippen MR) is 78.7 cm³/mol. The zero-order valence-electron chi connectivity index (χ0n) is 10.7. The molecule has 0 bridgehead atoms. The number of nitrogens with one attached hydrogen (secondary N) is 2. The van der Waals surface area contributed by atoms with Crippen LogP contribution in [0.15, 0.2) is 40.0 Å². The molecule has 9 heteroatoms. The summed E-state index contributed by atoms with van der Waals surface area (Å²) in [6.45, 7) is 0. The van der Waals surface area contributed by atoms with Gasteiger partial charge in [-0.1, -0.05) is 0 Å². The maximum atomic E-state index is 13.7. The smallest absolute Gasteiger partial charge is 0.281 e. The largest absolute Gasteiger partial charge is 0.386 e. The molecule has 0 fully saturated rings. The van der Waals surface area contributed by atoms with Gasteiger partial charge in [-0.3, -0.25) is 4.72 Å². The molecule has 0 aliphatic rings. The highest BCUT2D eigenvalue weighted by Gasteiger charge is 2.23. The maximum absolute atomic E-state index is 13.7. The Morgan fingerprint density at radius 1 is 1.29 bits per heavy atom. The lowest BCUT2D eigenvalue weighted by atomic mass is 10.3. The van der Waals surface area contributed by atoms with Crippen LogP contribution in [0.3, 0.4) is 0 Å². The molecule has 0 spiro atoms. The molecule has 2 aromatic rings. The average Bonchev–Trinajstić information content (AvgIpc) is 2.43. The maximum Gasteiger partial charge on any atom is 0.281 e. The number of sulfonamides is 1. The van der Waals surface area contributed by atoms with E-state index in [9.17, 15) is 17.2 Å². The zero-order valence-corrected chi connectivity index (χ0v) is 13.1. The summed E-state index contributed by atoms with van der Waals surface area (Å²) >= 11 is 2.92. The van der Waals surface area contributed by atoms with E-state index in [0.717, 1.165) is 6.07 Å². The van der Waals surface area contributed by atoms with Crippen molar-refractivity contribution in [2.75, 3.05) is 17.1 Å². The highest BCUT2D eigenvalue weighted by Crippen LogP contribution is 2.30.